The van der Waals surface area contributed by atoms with Gasteiger partial charge in [0.2, 0.25) is 5.89 Å². The maximum atomic E-state index is 4.88. The molecule has 0 saturated carbocycles. The van der Waals surface area contributed by atoms with Gasteiger partial charge >= 0.3 is 0 Å². The molecule has 1 heterocycles. The molecule has 0 aliphatic heterocycles. The number of nitrogens with zero attached hydrogens (tertiary/aromatic N) is 2. The second kappa shape index (κ2) is 4.05. The maximum Gasteiger partial charge on any atom is 0.223 e. The third kappa shape index (κ3) is 2.65. The van der Waals surface area contributed by atoms with Crippen molar-refractivity contribution in [3.63, 3.8) is 0 Å². The molecule has 62 valence electrons. The van der Waals surface area contributed by atoms with Gasteiger partial charge in [-0.05, 0) is 6.92 Å². The number of hydrogen-bond acceptors (Lipinski definition) is 5. The summed E-state index contributed by atoms with van der Waals surface area (Å²) < 4.78 is 4.74. The fraction of sp³-hybridized carbons (Fsp3) is 0.667. The lowest BCUT2D eigenvalue weighted by molar-refractivity contribution is 0.0444. The molecule has 0 atom stereocenters. The summed E-state index contributed by atoms with van der Waals surface area (Å²) in [7, 11) is 0. The number of hydroxylamine groups is 1. The molecule has 0 aliphatic carbocycles. The van der Waals surface area contributed by atoms with Gasteiger partial charge in [-0.25, -0.2) is 0 Å². The van der Waals surface area contributed by atoms with Gasteiger partial charge in [-0.1, -0.05) is 5.16 Å². The monoisotopic (exact) mass is 157 g/mol. The minimum Gasteiger partial charge on any atom is -0.340 e. The summed E-state index contributed by atoms with van der Waals surface area (Å²) in [5.74, 6) is 1.18. The molecule has 5 heteroatoms. The molecule has 0 radical (unpaired) electrons. The molecule has 11 heavy (non-hydrogen) atoms. The van der Waals surface area contributed by atoms with Gasteiger partial charge in [0.1, 0.15) is 0 Å². The van der Waals surface area contributed by atoms with Crippen LogP contribution in [0.5, 0.6) is 0 Å². The molecule has 0 saturated heterocycles. The Labute approximate surface area is 64.7 Å². The van der Waals surface area contributed by atoms with Crippen LogP contribution >= 0.6 is 0 Å². The summed E-state index contributed by atoms with van der Waals surface area (Å²) in [6.45, 7) is 4.74. The molecule has 1 N–H and O–H groups in total. The Bertz CT molecular complexity index is 211. The van der Waals surface area contributed by atoms with Crippen molar-refractivity contribution >= 4 is 0 Å². The van der Waals surface area contributed by atoms with Crippen LogP contribution in [0.2, 0.25) is 0 Å². The largest absolute Gasteiger partial charge is 0.340 e. The summed E-state index contributed by atoms with van der Waals surface area (Å²) in [6, 6.07) is 0. The summed E-state index contributed by atoms with van der Waals surface area (Å²) in [6.07, 6.45) is 0. The zero-order valence-corrected chi connectivity index (χ0v) is 6.63. The lowest BCUT2D eigenvalue weighted by Gasteiger charge is -1.97. The molecule has 1 aromatic heterocycles. The van der Waals surface area contributed by atoms with Crippen LogP contribution in [-0.2, 0) is 11.4 Å². The van der Waals surface area contributed by atoms with Crippen LogP contribution < -0.4 is 5.48 Å². The fourth-order valence-electron chi connectivity index (χ4n) is 0.631. The minimum atomic E-state index is 0.477. The Morgan fingerprint density at radius 3 is 3.00 bits per heavy atom. The van der Waals surface area contributed by atoms with E-state index in [4.69, 9.17) is 9.36 Å². The van der Waals surface area contributed by atoms with Crippen LogP contribution in [0.4, 0.5) is 0 Å². The van der Waals surface area contributed by atoms with E-state index in [1.807, 2.05) is 6.92 Å². The third-order valence-electron chi connectivity index (χ3n) is 1.05. The van der Waals surface area contributed by atoms with Gasteiger partial charge in [0, 0.05) is 6.92 Å². The van der Waals surface area contributed by atoms with Crippen molar-refractivity contribution in [2.24, 2.45) is 0 Å². The Kier molecular flexibility index (Phi) is 3.00. The van der Waals surface area contributed by atoms with Gasteiger partial charge in [-0.3, -0.25) is 0 Å². The first-order valence-electron chi connectivity index (χ1n) is 3.46. The lowest BCUT2D eigenvalue weighted by atomic mass is 10.6. The van der Waals surface area contributed by atoms with Crippen molar-refractivity contribution in [3.05, 3.63) is 11.7 Å². The van der Waals surface area contributed by atoms with E-state index in [1.54, 1.807) is 6.92 Å². The van der Waals surface area contributed by atoms with E-state index in [1.165, 1.54) is 0 Å². The fourth-order valence-corrected chi connectivity index (χ4v) is 0.631. The Balaban J connectivity index is 2.27. The molecule has 0 aliphatic rings. The van der Waals surface area contributed by atoms with Gasteiger partial charge in [0.15, 0.2) is 5.82 Å². The van der Waals surface area contributed by atoms with E-state index in [-0.39, 0.29) is 0 Å². The van der Waals surface area contributed by atoms with Gasteiger partial charge < -0.3 is 9.36 Å². The zero-order valence-electron chi connectivity index (χ0n) is 6.63. The van der Waals surface area contributed by atoms with Crippen LogP contribution in [-0.4, -0.2) is 16.7 Å². The van der Waals surface area contributed by atoms with Gasteiger partial charge in [0.25, 0.3) is 0 Å². The first-order chi connectivity index (χ1) is 5.33. The van der Waals surface area contributed by atoms with Gasteiger partial charge in [-0.2, -0.15) is 10.5 Å². The molecule has 1 aromatic rings. The number of aryl methyl sites for hydroxylation is 1. The van der Waals surface area contributed by atoms with Crippen LogP contribution in [0.1, 0.15) is 18.6 Å². The predicted molar refractivity (Wildman–Crippen MR) is 37.5 cm³/mol. The van der Waals surface area contributed by atoms with Crippen LogP contribution in [0.3, 0.4) is 0 Å². The van der Waals surface area contributed by atoms with E-state index < -0.39 is 0 Å². The summed E-state index contributed by atoms with van der Waals surface area (Å²) in [5.41, 5.74) is 2.68. The summed E-state index contributed by atoms with van der Waals surface area (Å²) in [4.78, 5) is 8.84. The molecule has 0 amide bonds. The van der Waals surface area contributed by atoms with Crippen molar-refractivity contribution in [3.8, 4) is 0 Å². The van der Waals surface area contributed by atoms with Crippen molar-refractivity contribution in [1.82, 2.24) is 15.6 Å². The lowest BCUT2D eigenvalue weighted by Crippen LogP contribution is -2.14. The zero-order chi connectivity index (χ0) is 8.10. The van der Waals surface area contributed by atoms with E-state index in [0.29, 0.717) is 24.9 Å². The minimum absolute atomic E-state index is 0.477. The molecule has 0 fully saturated rings. The average Bonchev–Trinajstić information content (AvgIpc) is 2.37. The van der Waals surface area contributed by atoms with Crippen LogP contribution in [0.25, 0.3) is 0 Å². The van der Waals surface area contributed by atoms with E-state index >= 15 is 0 Å². The first-order valence-corrected chi connectivity index (χ1v) is 3.46. The Morgan fingerprint density at radius 1 is 1.64 bits per heavy atom. The highest BCUT2D eigenvalue weighted by Crippen LogP contribution is 1.93. The highest BCUT2D eigenvalue weighted by Gasteiger charge is 1.99. The second-order valence-corrected chi connectivity index (χ2v) is 1.98. The molecule has 0 spiro atoms. The number of rotatable bonds is 4. The normalized spacial score (nSPS) is 10.4. The smallest absolute Gasteiger partial charge is 0.223 e. The highest BCUT2D eigenvalue weighted by atomic mass is 16.6. The maximum absolute atomic E-state index is 4.88. The average molecular weight is 157 g/mol. The third-order valence-corrected chi connectivity index (χ3v) is 1.05. The number of hydrogen-bond donors (Lipinski definition) is 1. The van der Waals surface area contributed by atoms with Crippen LogP contribution in [0, 0.1) is 6.92 Å². The molecular formula is C6H11N3O2. The summed E-state index contributed by atoms with van der Waals surface area (Å²) in [5, 5.41) is 3.66. The molecule has 0 unspecified atom stereocenters. The SMILES string of the molecule is CCONCc1noc(C)n1. The topological polar surface area (TPSA) is 60.2 Å². The quantitative estimate of drug-likeness (QED) is 0.507. The molecular weight excluding hydrogens is 146 g/mol. The van der Waals surface area contributed by atoms with E-state index in [2.05, 4.69) is 15.6 Å². The molecule has 1 rings (SSSR count). The summed E-state index contributed by atoms with van der Waals surface area (Å²) >= 11 is 0. The van der Waals surface area contributed by atoms with E-state index in [9.17, 15) is 0 Å². The van der Waals surface area contributed by atoms with E-state index in [0.717, 1.165) is 0 Å². The molecule has 0 bridgehead atoms. The Hall–Kier alpha value is -0.940. The van der Waals surface area contributed by atoms with Crippen molar-refractivity contribution < 1.29 is 9.36 Å². The molecule has 5 nitrogen and oxygen atoms in total. The standard InChI is InChI=1S/C6H11N3O2/c1-3-10-7-4-6-8-5(2)11-9-6/h7H,3-4H2,1-2H3. The number of aromatic nitrogens is 2. The van der Waals surface area contributed by atoms with Gasteiger partial charge in [0.05, 0.1) is 13.2 Å². The second-order valence-electron chi connectivity index (χ2n) is 1.98. The number of nitrogens with one attached hydrogen (secondary N) is 1. The predicted octanol–water partition coefficient (Wildman–Crippen LogP) is 0.419. The van der Waals surface area contributed by atoms with Gasteiger partial charge in [-0.15, -0.1) is 0 Å². The van der Waals surface area contributed by atoms with Crippen molar-refractivity contribution in [2.45, 2.75) is 20.4 Å². The van der Waals surface area contributed by atoms with Crippen molar-refractivity contribution in [2.75, 3.05) is 6.61 Å². The van der Waals surface area contributed by atoms with Crippen LogP contribution in [0.15, 0.2) is 4.52 Å². The first kappa shape index (κ1) is 8.16. The Morgan fingerprint density at radius 2 is 2.45 bits per heavy atom. The highest BCUT2D eigenvalue weighted by molar-refractivity contribution is 4.81. The van der Waals surface area contributed by atoms with Crippen molar-refractivity contribution in [1.29, 1.82) is 0 Å². The molecule has 0 aromatic carbocycles.